The Balaban J connectivity index is 1.14. The Morgan fingerprint density at radius 1 is 0.339 bits per heavy atom. The van der Waals surface area contributed by atoms with E-state index in [0.717, 1.165) is 55.8 Å². The van der Waals surface area contributed by atoms with Crippen LogP contribution in [0.4, 0.5) is 17.1 Å². The van der Waals surface area contributed by atoms with Gasteiger partial charge in [0.1, 0.15) is 11.2 Å². The monoisotopic (exact) mass is 752 g/mol. The third-order valence-electron chi connectivity index (χ3n) is 11.9. The number of hydrogen-bond acceptors (Lipinski definition) is 2. The quantitative estimate of drug-likeness (QED) is 0.169. The fraction of sp³-hybridized carbons (Fsp3) is 0. The largest absolute Gasteiger partial charge is 0.456 e. The number of nitrogens with zero attached hydrogens (tertiary/aromatic N) is 2. The summed E-state index contributed by atoms with van der Waals surface area (Å²) in [5.74, 6) is 0. The Morgan fingerprint density at radius 3 is 1.80 bits per heavy atom. The van der Waals surface area contributed by atoms with Gasteiger partial charge in [-0.25, -0.2) is 0 Å². The van der Waals surface area contributed by atoms with Crippen LogP contribution in [0.2, 0.25) is 0 Å². The van der Waals surface area contributed by atoms with Gasteiger partial charge in [-0.1, -0.05) is 146 Å². The number of furan rings is 1. The molecule has 0 fully saturated rings. The molecule has 10 aromatic carbocycles. The highest BCUT2D eigenvalue weighted by Crippen LogP contribution is 2.47. The van der Waals surface area contributed by atoms with Crippen molar-refractivity contribution in [3.05, 3.63) is 218 Å². The Hall–Kier alpha value is -7.88. The molecule has 276 valence electrons. The molecule has 0 radical (unpaired) electrons. The molecule has 0 saturated heterocycles. The molecule has 12 rings (SSSR count). The van der Waals surface area contributed by atoms with Gasteiger partial charge in [0.25, 0.3) is 0 Å². The van der Waals surface area contributed by atoms with Gasteiger partial charge in [0.05, 0.1) is 16.7 Å². The number of rotatable bonds is 6. The van der Waals surface area contributed by atoms with Crippen LogP contribution < -0.4 is 4.90 Å². The Labute approximate surface area is 341 Å². The van der Waals surface area contributed by atoms with Crippen LogP contribution in [0.1, 0.15) is 0 Å². The summed E-state index contributed by atoms with van der Waals surface area (Å²) in [6.07, 6.45) is 0. The topological polar surface area (TPSA) is 21.3 Å². The van der Waals surface area contributed by atoms with E-state index in [1.165, 1.54) is 54.5 Å². The molecule has 0 N–H and O–H groups in total. The summed E-state index contributed by atoms with van der Waals surface area (Å²) < 4.78 is 9.30. The van der Waals surface area contributed by atoms with Crippen LogP contribution >= 0.6 is 0 Å². The van der Waals surface area contributed by atoms with Crippen LogP contribution in [0.5, 0.6) is 0 Å². The third-order valence-corrected chi connectivity index (χ3v) is 11.9. The van der Waals surface area contributed by atoms with Crippen molar-refractivity contribution in [3.63, 3.8) is 0 Å². The van der Waals surface area contributed by atoms with Crippen LogP contribution in [0.25, 0.3) is 93.2 Å². The van der Waals surface area contributed by atoms with Gasteiger partial charge in [-0.15, -0.1) is 0 Å². The van der Waals surface area contributed by atoms with Crippen LogP contribution in [-0.4, -0.2) is 4.57 Å². The van der Waals surface area contributed by atoms with E-state index in [1.54, 1.807) is 0 Å². The highest BCUT2D eigenvalue weighted by molar-refractivity contribution is 6.24. The summed E-state index contributed by atoms with van der Waals surface area (Å²) in [5, 5.41) is 9.45. The van der Waals surface area contributed by atoms with Crippen LogP contribution in [-0.2, 0) is 0 Å². The van der Waals surface area contributed by atoms with Crippen molar-refractivity contribution in [3.8, 4) is 27.9 Å². The molecule has 2 heterocycles. The minimum Gasteiger partial charge on any atom is -0.456 e. The minimum atomic E-state index is 0.849. The Bertz CT molecular complexity index is 3540. The predicted octanol–water partition coefficient (Wildman–Crippen LogP) is 15.8. The lowest BCUT2D eigenvalue weighted by molar-refractivity contribution is 0.669. The van der Waals surface area contributed by atoms with Gasteiger partial charge in [-0.05, 0) is 111 Å². The number of benzene rings is 10. The van der Waals surface area contributed by atoms with Crippen molar-refractivity contribution in [1.29, 1.82) is 0 Å². The maximum Gasteiger partial charge on any atom is 0.138 e. The zero-order valence-electron chi connectivity index (χ0n) is 32.1. The summed E-state index contributed by atoms with van der Waals surface area (Å²) in [4.78, 5) is 2.37. The van der Waals surface area contributed by atoms with Crippen LogP contribution in [0.15, 0.2) is 223 Å². The Kier molecular flexibility index (Phi) is 7.54. The summed E-state index contributed by atoms with van der Waals surface area (Å²) in [6, 6.07) is 78.7. The van der Waals surface area contributed by atoms with Crippen molar-refractivity contribution < 1.29 is 4.42 Å². The number of hydrogen-bond donors (Lipinski definition) is 0. The molecule has 0 aliphatic heterocycles. The first kappa shape index (κ1) is 33.3. The fourth-order valence-corrected chi connectivity index (χ4v) is 9.20. The molecule has 59 heavy (non-hydrogen) atoms. The molecule has 0 saturated carbocycles. The van der Waals surface area contributed by atoms with Crippen molar-refractivity contribution in [1.82, 2.24) is 4.57 Å². The predicted molar refractivity (Wildman–Crippen MR) is 249 cm³/mol. The van der Waals surface area contributed by atoms with E-state index in [4.69, 9.17) is 4.42 Å². The van der Waals surface area contributed by atoms with Crippen LogP contribution in [0.3, 0.4) is 0 Å². The molecule has 12 aromatic rings. The van der Waals surface area contributed by atoms with E-state index in [-0.39, 0.29) is 0 Å². The highest BCUT2D eigenvalue weighted by Gasteiger charge is 2.22. The lowest BCUT2D eigenvalue weighted by Gasteiger charge is -2.27. The Morgan fingerprint density at radius 2 is 0.966 bits per heavy atom. The first-order valence-corrected chi connectivity index (χ1v) is 20.2. The smallest absolute Gasteiger partial charge is 0.138 e. The number of aromatic nitrogens is 1. The van der Waals surface area contributed by atoms with Crippen LogP contribution in [0, 0.1) is 0 Å². The first-order valence-electron chi connectivity index (χ1n) is 20.2. The normalized spacial score (nSPS) is 11.7. The number of anilines is 3. The second-order valence-electron chi connectivity index (χ2n) is 15.3. The molecule has 0 atom stereocenters. The van der Waals surface area contributed by atoms with E-state index >= 15 is 0 Å². The summed E-state index contributed by atoms with van der Waals surface area (Å²) in [7, 11) is 0. The lowest BCUT2D eigenvalue weighted by atomic mass is 9.94. The maximum absolute atomic E-state index is 6.92. The van der Waals surface area contributed by atoms with Crippen molar-refractivity contribution in [2.24, 2.45) is 0 Å². The van der Waals surface area contributed by atoms with Gasteiger partial charge in [0.15, 0.2) is 0 Å². The van der Waals surface area contributed by atoms with Gasteiger partial charge in [-0.3, -0.25) is 0 Å². The molecule has 0 unspecified atom stereocenters. The summed E-state index contributed by atoms with van der Waals surface area (Å²) >= 11 is 0. The summed E-state index contributed by atoms with van der Waals surface area (Å²) in [5.41, 5.74) is 13.0. The fourth-order valence-electron chi connectivity index (χ4n) is 9.20. The molecular weight excluding hydrogens is 717 g/mol. The molecule has 2 aromatic heterocycles. The maximum atomic E-state index is 6.92. The van der Waals surface area contributed by atoms with Gasteiger partial charge >= 0.3 is 0 Å². The average Bonchev–Trinajstić information content (AvgIpc) is 3.85. The van der Waals surface area contributed by atoms with Crippen molar-refractivity contribution in [2.45, 2.75) is 0 Å². The average molecular weight is 753 g/mol. The zero-order chi connectivity index (χ0) is 38.9. The molecule has 0 bridgehead atoms. The highest BCUT2D eigenvalue weighted by atomic mass is 16.3. The first-order chi connectivity index (χ1) is 29.2. The van der Waals surface area contributed by atoms with Gasteiger partial charge in [0.2, 0.25) is 0 Å². The number of para-hydroxylation sites is 2. The van der Waals surface area contributed by atoms with E-state index in [9.17, 15) is 0 Å². The molecule has 3 nitrogen and oxygen atoms in total. The molecule has 3 heteroatoms. The number of fused-ring (bicyclic) bond motifs is 9. The van der Waals surface area contributed by atoms with Gasteiger partial charge in [-0.2, -0.15) is 0 Å². The van der Waals surface area contributed by atoms with Gasteiger partial charge < -0.3 is 13.9 Å². The minimum absolute atomic E-state index is 0.849. The second kappa shape index (κ2) is 13.4. The van der Waals surface area contributed by atoms with E-state index < -0.39 is 0 Å². The molecular formula is C56H36N2O. The summed E-state index contributed by atoms with van der Waals surface area (Å²) in [6.45, 7) is 0. The van der Waals surface area contributed by atoms with Crippen molar-refractivity contribution >= 4 is 82.4 Å². The van der Waals surface area contributed by atoms with E-state index in [1.807, 2.05) is 0 Å². The second-order valence-corrected chi connectivity index (χ2v) is 15.3. The zero-order valence-corrected chi connectivity index (χ0v) is 32.1. The van der Waals surface area contributed by atoms with E-state index in [2.05, 4.69) is 228 Å². The van der Waals surface area contributed by atoms with Crippen molar-refractivity contribution in [2.75, 3.05) is 4.90 Å². The molecule has 0 aliphatic carbocycles. The standard InChI is InChI=1S/C56H36N2O/c1-3-13-37(14-4-1)39-23-28-44(29-24-39)57(45-30-25-38-15-7-8-17-41(38)33-45)46-35-49(56-54(36-46)59-53-32-27-40-16-9-10-20-47(40)55(53)56)42-26-31-52-50(34-42)48-21-11-12-22-51(48)58(52)43-18-5-2-6-19-43/h1-36H. The SMILES string of the molecule is c1ccc(-c2ccc(N(c3ccc4ccccc4c3)c3cc(-c4ccc5c(c4)c4ccccc4n5-c4ccccc4)c4c(c3)oc3ccc5ccccc5c34)cc2)cc1. The molecule has 0 amide bonds. The van der Waals surface area contributed by atoms with Gasteiger partial charge in [0, 0.05) is 44.7 Å². The van der Waals surface area contributed by atoms with E-state index in [0.29, 0.717) is 0 Å². The molecule has 0 aliphatic rings. The lowest BCUT2D eigenvalue weighted by Crippen LogP contribution is -2.10. The molecule has 0 spiro atoms. The third kappa shape index (κ3) is 5.44.